The molecule has 0 N–H and O–H groups in total. The molecule has 28 heavy (non-hydrogen) atoms. The van der Waals surface area contributed by atoms with Crippen LogP contribution in [0.1, 0.15) is 27.9 Å². The standard InChI is InChI=1S/C21H23Cl2N3OS/c1-13-10-14(2)19-18(11-13)24-21(28-19)26(9-5-8-25(3)4)20(27)16-12-15(22)6-7-17(16)23/h6-7,10-12H,5,8-9H2,1-4H3. The molecule has 0 unspecified atom stereocenters. The van der Waals surface area contributed by atoms with Gasteiger partial charge < -0.3 is 4.90 Å². The van der Waals surface area contributed by atoms with Crippen LogP contribution in [0.2, 0.25) is 10.0 Å². The fourth-order valence-corrected chi connectivity index (χ4v) is 4.53. The van der Waals surface area contributed by atoms with Gasteiger partial charge in [0.25, 0.3) is 5.91 Å². The Kier molecular flexibility index (Phi) is 6.61. The van der Waals surface area contributed by atoms with Crippen LogP contribution in [0.25, 0.3) is 10.2 Å². The van der Waals surface area contributed by atoms with Crippen molar-refractivity contribution in [2.75, 3.05) is 32.1 Å². The molecule has 0 saturated carbocycles. The highest BCUT2D eigenvalue weighted by Gasteiger charge is 2.23. The lowest BCUT2D eigenvalue weighted by molar-refractivity contribution is 0.0986. The van der Waals surface area contributed by atoms with Crippen molar-refractivity contribution in [3.05, 3.63) is 57.1 Å². The lowest BCUT2D eigenvalue weighted by atomic mass is 10.1. The molecule has 0 bridgehead atoms. The summed E-state index contributed by atoms with van der Waals surface area (Å²) in [4.78, 5) is 21.9. The molecular weight excluding hydrogens is 413 g/mol. The fraction of sp³-hybridized carbons (Fsp3) is 0.333. The summed E-state index contributed by atoms with van der Waals surface area (Å²) in [5.74, 6) is -0.181. The van der Waals surface area contributed by atoms with Gasteiger partial charge in [-0.05, 0) is 76.3 Å². The van der Waals surface area contributed by atoms with E-state index in [1.165, 1.54) is 16.9 Å². The molecule has 0 atom stereocenters. The highest BCUT2D eigenvalue weighted by atomic mass is 35.5. The minimum Gasteiger partial charge on any atom is -0.309 e. The Morgan fingerprint density at radius 1 is 1.11 bits per heavy atom. The summed E-state index contributed by atoms with van der Waals surface area (Å²) < 4.78 is 1.10. The summed E-state index contributed by atoms with van der Waals surface area (Å²) in [6, 6.07) is 9.14. The van der Waals surface area contributed by atoms with Crippen molar-refractivity contribution < 1.29 is 4.79 Å². The Balaban J connectivity index is 2.02. The third kappa shape index (κ3) is 4.66. The van der Waals surface area contributed by atoms with E-state index in [2.05, 4.69) is 30.9 Å². The zero-order valence-corrected chi connectivity index (χ0v) is 18.8. The smallest absolute Gasteiger partial charge is 0.261 e. The number of nitrogens with zero attached hydrogens (tertiary/aromatic N) is 3. The van der Waals surface area contributed by atoms with Crippen LogP contribution < -0.4 is 4.90 Å². The van der Waals surface area contributed by atoms with Gasteiger partial charge in [0.15, 0.2) is 5.13 Å². The second kappa shape index (κ2) is 8.78. The number of aryl methyl sites for hydroxylation is 2. The van der Waals surface area contributed by atoms with Crippen LogP contribution in [0.15, 0.2) is 30.3 Å². The fourth-order valence-electron chi connectivity index (χ4n) is 3.12. The molecule has 0 fully saturated rings. The van der Waals surface area contributed by atoms with Crippen LogP contribution >= 0.6 is 34.5 Å². The van der Waals surface area contributed by atoms with E-state index in [1.807, 2.05) is 14.1 Å². The minimum absolute atomic E-state index is 0.181. The predicted octanol–water partition coefficient (Wildman–Crippen LogP) is 5.82. The van der Waals surface area contributed by atoms with E-state index in [1.54, 1.807) is 23.1 Å². The maximum atomic E-state index is 13.4. The molecule has 1 heterocycles. The van der Waals surface area contributed by atoms with Crippen LogP contribution in [0, 0.1) is 13.8 Å². The first-order chi connectivity index (χ1) is 13.3. The molecule has 7 heteroatoms. The van der Waals surface area contributed by atoms with Crippen molar-refractivity contribution in [3.8, 4) is 0 Å². The average molecular weight is 436 g/mol. The maximum Gasteiger partial charge on any atom is 0.261 e. The molecule has 2 aromatic carbocycles. The highest BCUT2D eigenvalue weighted by molar-refractivity contribution is 7.22. The van der Waals surface area contributed by atoms with Crippen molar-refractivity contribution in [3.63, 3.8) is 0 Å². The van der Waals surface area contributed by atoms with E-state index < -0.39 is 0 Å². The van der Waals surface area contributed by atoms with Gasteiger partial charge in [-0.3, -0.25) is 9.69 Å². The number of amides is 1. The predicted molar refractivity (Wildman–Crippen MR) is 120 cm³/mol. The van der Waals surface area contributed by atoms with E-state index in [4.69, 9.17) is 28.2 Å². The Labute approximate surface area is 179 Å². The molecule has 1 amide bonds. The van der Waals surface area contributed by atoms with Crippen molar-refractivity contribution in [1.82, 2.24) is 9.88 Å². The van der Waals surface area contributed by atoms with Gasteiger partial charge in [0, 0.05) is 11.6 Å². The monoisotopic (exact) mass is 435 g/mol. The number of aromatic nitrogens is 1. The molecule has 0 saturated heterocycles. The van der Waals surface area contributed by atoms with Gasteiger partial charge in [-0.15, -0.1) is 0 Å². The van der Waals surface area contributed by atoms with E-state index >= 15 is 0 Å². The third-order valence-corrected chi connectivity index (χ3v) is 6.22. The molecule has 0 radical (unpaired) electrons. The molecule has 148 valence electrons. The molecule has 3 aromatic rings. The number of hydrogen-bond donors (Lipinski definition) is 0. The summed E-state index contributed by atoms with van der Waals surface area (Å²) in [7, 11) is 4.04. The van der Waals surface area contributed by atoms with Gasteiger partial charge >= 0.3 is 0 Å². The Bertz CT molecular complexity index is 1020. The largest absolute Gasteiger partial charge is 0.309 e. The first kappa shape index (κ1) is 21.1. The number of thiazole rings is 1. The summed E-state index contributed by atoms with van der Waals surface area (Å²) in [6.07, 6.45) is 0.824. The van der Waals surface area contributed by atoms with Crippen molar-refractivity contribution in [2.24, 2.45) is 0 Å². The normalized spacial score (nSPS) is 11.4. The molecule has 3 rings (SSSR count). The van der Waals surface area contributed by atoms with E-state index in [9.17, 15) is 4.79 Å². The van der Waals surface area contributed by atoms with Crippen molar-refractivity contribution >= 4 is 55.8 Å². The first-order valence-electron chi connectivity index (χ1n) is 9.05. The molecule has 0 aliphatic heterocycles. The third-order valence-electron chi connectivity index (χ3n) is 4.43. The van der Waals surface area contributed by atoms with Crippen LogP contribution in [0.3, 0.4) is 0 Å². The summed E-state index contributed by atoms with van der Waals surface area (Å²) in [5, 5.41) is 1.56. The number of rotatable bonds is 6. The summed E-state index contributed by atoms with van der Waals surface area (Å²) in [6.45, 7) is 5.55. The Morgan fingerprint density at radius 3 is 2.57 bits per heavy atom. The second-order valence-electron chi connectivity index (χ2n) is 7.16. The number of anilines is 1. The number of fused-ring (bicyclic) bond motifs is 1. The first-order valence-corrected chi connectivity index (χ1v) is 10.6. The van der Waals surface area contributed by atoms with Crippen LogP contribution in [0.4, 0.5) is 5.13 Å². The zero-order chi connectivity index (χ0) is 20.4. The van der Waals surface area contributed by atoms with Gasteiger partial charge in [-0.1, -0.05) is 40.6 Å². The summed E-state index contributed by atoms with van der Waals surface area (Å²) >= 11 is 13.9. The SMILES string of the molecule is Cc1cc(C)c2sc(N(CCCN(C)C)C(=O)c3cc(Cl)ccc3Cl)nc2c1. The number of carbonyl (C=O) groups is 1. The quantitative estimate of drug-likeness (QED) is 0.489. The second-order valence-corrected chi connectivity index (χ2v) is 8.99. The van der Waals surface area contributed by atoms with E-state index in [0.29, 0.717) is 27.3 Å². The zero-order valence-electron chi connectivity index (χ0n) is 16.4. The van der Waals surface area contributed by atoms with Gasteiger partial charge in [0.05, 0.1) is 20.8 Å². The number of carbonyl (C=O) groups excluding carboxylic acids is 1. The number of halogens is 2. The number of benzene rings is 2. The van der Waals surface area contributed by atoms with Gasteiger partial charge in [0.1, 0.15) is 0 Å². The molecule has 0 aliphatic carbocycles. The molecule has 1 aromatic heterocycles. The Morgan fingerprint density at radius 2 is 1.86 bits per heavy atom. The van der Waals surface area contributed by atoms with Gasteiger partial charge in [-0.25, -0.2) is 4.98 Å². The molecule has 4 nitrogen and oxygen atoms in total. The van der Waals surface area contributed by atoms with Crippen LogP contribution in [-0.2, 0) is 0 Å². The Hall–Kier alpha value is -1.66. The topological polar surface area (TPSA) is 36.4 Å². The van der Waals surface area contributed by atoms with E-state index in [-0.39, 0.29) is 5.91 Å². The van der Waals surface area contributed by atoms with Gasteiger partial charge in [0.2, 0.25) is 0 Å². The average Bonchev–Trinajstić information content (AvgIpc) is 3.04. The van der Waals surface area contributed by atoms with Crippen molar-refractivity contribution in [2.45, 2.75) is 20.3 Å². The van der Waals surface area contributed by atoms with E-state index in [0.717, 1.165) is 28.7 Å². The maximum absolute atomic E-state index is 13.4. The lowest BCUT2D eigenvalue weighted by Crippen LogP contribution is -2.33. The molecule has 0 spiro atoms. The highest BCUT2D eigenvalue weighted by Crippen LogP contribution is 2.34. The van der Waals surface area contributed by atoms with Crippen molar-refractivity contribution in [1.29, 1.82) is 0 Å². The van der Waals surface area contributed by atoms with Crippen LogP contribution in [-0.4, -0.2) is 43.0 Å². The van der Waals surface area contributed by atoms with Crippen LogP contribution in [0.5, 0.6) is 0 Å². The number of hydrogen-bond acceptors (Lipinski definition) is 4. The lowest BCUT2D eigenvalue weighted by Gasteiger charge is -2.21. The van der Waals surface area contributed by atoms with Gasteiger partial charge in [-0.2, -0.15) is 0 Å². The molecular formula is C21H23Cl2N3OS. The minimum atomic E-state index is -0.181. The molecule has 0 aliphatic rings. The summed E-state index contributed by atoms with van der Waals surface area (Å²) in [5.41, 5.74) is 3.64.